The molecule has 0 fully saturated rings. The van der Waals surface area contributed by atoms with Crippen molar-refractivity contribution >= 4 is 23.2 Å². The van der Waals surface area contributed by atoms with Crippen molar-refractivity contribution in [2.24, 2.45) is 0 Å². The van der Waals surface area contributed by atoms with Gasteiger partial charge in [-0.3, -0.25) is 9.20 Å². The zero-order chi connectivity index (χ0) is 15.1. The molecule has 1 atom stereocenters. The molecule has 2 aromatic heterocycles. The molecule has 5 nitrogen and oxygen atoms in total. The molecule has 2 rings (SSSR count). The van der Waals surface area contributed by atoms with E-state index in [9.17, 15) is 18.0 Å². The average molecular weight is 307 g/mol. The minimum absolute atomic E-state index is 0.113. The highest BCUT2D eigenvalue weighted by Gasteiger charge is 2.37. The summed E-state index contributed by atoms with van der Waals surface area (Å²) in [6.07, 6.45) is -3.21. The van der Waals surface area contributed by atoms with Crippen molar-refractivity contribution in [2.75, 3.05) is 0 Å². The van der Waals surface area contributed by atoms with Gasteiger partial charge in [0.1, 0.15) is 17.5 Å². The van der Waals surface area contributed by atoms with Gasteiger partial charge in [-0.15, -0.1) is 0 Å². The molecule has 0 aromatic carbocycles. The number of aryl methyl sites for hydroxylation is 1. The first kappa shape index (κ1) is 14.6. The van der Waals surface area contributed by atoms with Crippen molar-refractivity contribution in [3.05, 3.63) is 28.9 Å². The van der Waals surface area contributed by atoms with Gasteiger partial charge in [0.25, 0.3) is 5.91 Å². The Kier molecular flexibility index (Phi) is 3.59. The summed E-state index contributed by atoms with van der Waals surface area (Å²) < 4.78 is 38.7. The molecule has 0 aliphatic carbocycles. The molecule has 2 heterocycles. The van der Waals surface area contributed by atoms with Crippen LogP contribution in [0.3, 0.4) is 0 Å². The predicted molar refractivity (Wildman–Crippen MR) is 65.7 cm³/mol. The molecule has 1 N–H and O–H groups in total. The van der Waals surface area contributed by atoms with Crippen molar-refractivity contribution in [3.63, 3.8) is 0 Å². The molecular formula is C11H10ClF3N4O. The summed E-state index contributed by atoms with van der Waals surface area (Å²) in [4.78, 5) is 19.5. The van der Waals surface area contributed by atoms with Crippen molar-refractivity contribution in [2.45, 2.75) is 26.1 Å². The minimum atomic E-state index is -4.52. The number of halogens is 4. The van der Waals surface area contributed by atoms with Crippen molar-refractivity contribution < 1.29 is 18.0 Å². The minimum Gasteiger partial charge on any atom is -0.339 e. The van der Waals surface area contributed by atoms with Crippen LogP contribution in [-0.4, -0.2) is 32.5 Å². The van der Waals surface area contributed by atoms with Crippen LogP contribution in [-0.2, 0) is 0 Å². The highest BCUT2D eigenvalue weighted by atomic mass is 35.5. The highest BCUT2D eigenvalue weighted by molar-refractivity contribution is 6.29. The first-order valence-electron chi connectivity index (χ1n) is 5.58. The number of carbonyl (C=O) groups excluding carboxylic acids is 1. The fraction of sp³-hybridized carbons (Fsp3) is 0.364. The van der Waals surface area contributed by atoms with E-state index >= 15 is 0 Å². The number of aromatic nitrogens is 3. The van der Waals surface area contributed by atoms with E-state index in [0.29, 0.717) is 5.69 Å². The zero-order valence-electron chi connectivity index (χ0n) is 10.5. The molecule has 108 valence electrons. The lowest BCUT2D eigenvalue weighted by molar-refractivity contribution is -0.149. The van der Waals surface area contributed by atoms with Gasteiger partial charge in [-0.2, -0.15) is 13.2 Å². The Morgan fingerprint density at radius 1 is 1.50 bits per heavy atom. The molecule has 9 heteroatoms. The third-order valence-corrected chi connectivity index (χ3v) is 2.91. The summed E-state index contributed by atoms with van der Waals surface area (Å²) >= 11 is 5.77. The maximum atomic E-state index is 12.4. The van der Waals surface area contributed by atoms with Gasteiger partial charge >= 0.3 is 6.18 Å². The lowest BCUT2D eigenvalue weighted by Gasteiger charge is -2.16. The maximum absolute atomic E-state index is 12.4. The second-order valence-electron chi connectivity index (χ2n) is 4.24. The van der Waals surface area contributed by atoms with E-state index in [2.05, 4.69) is 9.97 Å². The van der Waals surface area contributed by atoms with Crippen molar-refractivity contribution in [3.8, 4) is 0 Å². The normalized spacial score (nSPS) is 13.5. The molecular weight excluding hydrogens is 297 g/mol. The smallest absolute Gasteiger partial charge is 0.339 e. The molecule has 0 aliphatic heterocycles. The Labute approximate surface area is 116 Å². The molecule has 1 amide bonds. The van der Waals surface area contributed by atoms with Crippen LogP contribution in [0.4, 0.5) is 13.2 Å². The Morgan fingerprint density at radius 3 is 2.75 bits per heavy atom. The molecule has 20 heavy (non-hydrogen) atoms. The van der Waals surface area contributed by atoms with Crippen molar-refractivity contribution in [1.29, 1.82) is 0 Å². The van der Waals surface area contributed by atoms with Crippen molar-refractivity contribution in [1.82, 2.24) is 19.7 Å². The van der Waals surface area contributed by atoms with Gasteiger partial charge in [-0.05, 0) is 19.9 Å². The summed E-state index contributed by atoms with van der Waals surface area (Å²) in [6.45, 7) is 2.56. The first-order chi connectivity index (χ1) is 9.20. The van der Waals surface area contributed by atoms with Gasteiger partial charge in [0.2, 0.25) is 0 Å². The van der Waals surface area contributed by atoms with Crippen LogP contribution >= 0.6 is 11.6 Å². The largest absolute Gasteiger partial charge is 0.408 e. The van der Waals surface area contributed by atoms with Crippen LogP contribution in [0.25, 0.3) is 5.65 Å². The standard InChI is InChI=1S/C11H10ClF3N4O/c1-5-3-7(12)18-9-8(16-4-19(5)9)10(20)17-6(2)11(13,14)15/h3-4,6H,1-2H3,(H,17,20)/t6-/m1/s1. The summed E-state index contributed by atoms with van der Waals surface area (Å²) in [5.74, 6) is -0.952. The number of nitrogens with zero attached hydrogens (tertiary/aromatic N) is 3. The summed E-state index contributed by atoms with van der Waals surface area (Å²) in [7, 11) is 0. The summed E-state index contributed by atoms with van der Waals surface area (Å²) in [5.41, 5.74) is 0.573. The van der Waals surface area contributed by atoms with Crippen LogP contribution in [0.2, 0.25) is 5.15 Å². The second kappa shape index (κ2) is 4.93. The van der Waals surface area contributed by atoms with E-state index < -0.39 is 18.1 Å². The quantitative estimate of drug-likeness (QED) is 0.867. The molecule has 2 aromatic rings. The predicted octanol–water partition coefficient (Wildman–Crippen LogP) is 2.37. The maximum Gasteiger partial charge on any atom is 0.408 e. The number of hydrogen-bond donors (Lipinski definition) is 1. The highest BCUT2D eigenvalue weighted by Crippen LogP contribution is 2.20. The Hall–Kier alpha value is -1.83. The van der Waals surface area contributed by atoms with E-state index in [-0.39, 0.29) is 16.5 Å². The third kappa shape index (κ3) is 2.69. The van der Waals surface area contributed by atoms with E-state index in [1.54, 1.807) is 13.0 Å². The van der Waals surface area contributed by atoms with Crippen LogP contribution < -0.4 is 5.32 Å². The van der Waals surface area contributed by atoms with Gasteiger partial charge < -0.3 is 5.32 Å². The monoisotopic (exact) mass is 306 g/mol. The number of fused-ring (bicyclic) bond motifs is 1. The van der Waals surface area contributed by atoms with Crippen LogP contribution in [0.15, 0.2) is 12.4 Å². The first-order valence-corrected chi connectivity index (χ1v) is 5.95. The molecule has 0 aliphatic rings. The Balaban J connectivity index is 2.36. The van der Waals surface area contributed by atoms with Gasteiger partial charge in [0, 0.05) is 5.69 Å². The number of hydrogen-bond acceptors (Lipinski definition) is 3. The third-order valence-electron chi connectivity index (χ3n) is 2.72. The van der Waals surface area contributed by atoms with Crippen LogP contribution in [0.1, 0.15) is 23.1 Å². The van der Waals surface area contributed by atoms with E-state index in [4.69, 9.17) is 11.6 Å². The fourth-order valence-corrected chi connectivity index (χ4v) is 1.83. The summed E-state index contributed by atoms with van der Waals surface area (Å²) in [6, 6.07) is -0.428. The number of rotatable bonds is 2. The lowest BCUT2D eigenvalue weighted by atomic mass is 10.3. The number of nitrogens with one attached hydrogen (secondary N) is 1. The lowest BCUT2D eigenvalue weighted by Crippen LogP contribution is -2.43. The van der Waals surface area contributed by atoms with Gasteiger partial charge in [-0.25, -0.2) is 9.97 Å². The molecule has 0 saturated carbocycles. The molecule has 0 spiro atoms. The Bertz CT molecular complexity index is 667. The molecule has 0 radical (unpaired) electrons. The molecule has 0 bridgehead atoms. The molecule has 0 saturated heterocycles. The van der Waals surface area contributed by atoms with Gasteiger partial charge in [0.15, 0.2) is 11.3 Å². The zero-order valence-corrected chi connectivity index (χ0v) is 11.2. The molecule has 0 unspecified atom stereocenters. The van der Waals surface area contributed by atoms with E-state index in [0.717, 1.165) is 6.92 Å². The Morgan fingerprint density at radius 2 is 2.15 bits per heavy atom. The summed E-state index contributed by atoms with van der Waals surface area (Å²) in [5, 5.41) is 1.96. The number of imidazole rings is 1. The second-order valence-corrected chi connectivity index (χ2v) is 4.63. The van der Waals surface area contributed by atoms with Gasteiger partial charge in [0.05, 0.1) is 0 Å². The van der Waals surface area contributed by atoms with E-state index in [1.807, 2.05) is 5.32 Å². The topological polar surface area (TPSA) is 59.3 Å². The number of alkyl halides is 3. The van der Waals surface area contributed by atoms with Gasteiger partial charge in [-0.1, -0.05) is 11.6 Å². The average Bonchev–Trinajstić information content (AvgIpc) is 2.71. The van der Waals surface area contributed by atoms with Crippen LogP contribution in [0.5, 0.6) is 0 Å². The SMILES string of the molecule is Cc1cc(Cl)nc2c(C(=O)N[C@H](C)C(F)(F)F)ncn12. The fourth-order valence-electron chi connectivity index (χ4n) is 1.59. The number of carbonyl (C=O) groups is 1. The van der Waals surface area contributed by atoms with E-state index in [1.165, 1.54) is 10.7 Å². The van der Waals surface area contributed by atoms with Crippen LogP contribution in [0, 0.1) is 6.92 Å². The number of amides is 1.